The zero-order valence-electron chi connectivity index (χ0n) is 9.12. The van der Waals surface area contributed by atoms with E-state index in [2.05, 4.69) is 11.9 Å². The van der Waals surface area contributed by atoms with E-state index in [9.17, 15) is 4.79 Å². The van der Waals surface area contributed by atoms with Gasteiger partial charge in [-0.2, -0.15) is 0 Å². The summed E-state index contributed by atoms with van der Waals surface area (Å²) in [5, 5.41) is 2.72. The molecule has 0 aliphatic heterocycles. The molecule has 0 fully saturated rings. The molecule has 0 aromatic heterocycles. The molecule has 0 aromatic carbocycles. The van der Waals surface area contributed by atoms with Crippen LogP contribution in [0.25, 0.3) is 0 Å². The second-order valence-corrected chi connectivity index (χ2v) is 2.98. The van der Waals surface area contributed by atoms with Gasteiger partial charge in [0.15, 0.2) is 0 Å². The summed E-state index contributed by atoms with van der Waals surface area (Å²) in [6.07, 6.45) is 4.35. The van der Waals surface area contributed by atoms with Gasteiger partial charge in [0.1, 0.15) is 5.76 Å². The first-order valence-electron chi connectivity index (χ1n) is 4.82. The monoisotopic (exact) mass is 197 g/mol. The van der Waals surface area contributed by atoms with Crippen molar-refractivity contribution in [1.29, 1.82) is 0 Å². The maximum absolute atomic E-state index is 10.4. The number of rotatable bonds is 7. The van der Waals surface area contributed by atoms with Crippen molar-refractivity contribution in [2.75, 3.05) is 6.61 Å². The fourth-order valence-corrected chi connectivity index (χ4v) is 1.22. The molecule has 0 aromatic rings. The summed E-state index contributed by atoms with van der Waals surface area (Å²) in [5.74, 6) is 0.935. The molecule has 2 unspecified atom stereocenters. The molecule has 0 heterocycles. The molecular weight excluding hydrogens is 178 g/mol. The lowest BCUT2D eigenvalue weighted by Crippen LogP contribution is -2.36. The second-order valence-electron chi connectivity index (χ2n) is 2.98. The lowest BCUT2D eigenvalue weighted by Gasteiger charge is -2.23. The van der Waals surface area contributed by atoms with Crippen LogP contribution >= 0.6 is 0 Å². The van der Waals surface area contributed by atoms with Crippen LogP contribution in [-0.4, -0.2) is 19.1 Å². The summed E-state index contributed by atoms with van der Waals surface area (Å²) in [6, 6.07) is -0.116. The summed E-state index contributed by atoms with van der Waals surface area (Å²) >= 11 is 0. The SMILES string of the molecule is C=CC(C)C(NC=O)/C(=C/C)OCC. The lowest BCUT2D eigenvalue weighted by molar-refractivity contribution is -0.110. The van der Waals surface area contributed by atoms with Crippen LogP contribution in [-0.2, 0) is 9.53 Å². The molecule has 0 saturated heterocycles. The summed E-state index contributed by atoms with van der Waals surface area (Å²) in [7, 11) is 0. The van der Waals surface area contributed by atoms with Crippen molar-refractivity contribution in [3.05, 3.63) is 24.5 Å². The van der Waals surface area contributed by atoms with Crippen molar-refractivity contribution in [3.8, 4) is 0 Å². The summed E-state index contributed by atoms with van der Waals surface area (Å²) in [6.45, 7) is 10.1. The average molecular weight is 197 g/mol. The van der Waals surface area contributed by atoms with Gasteiger partial charge in [0, 0.05) is 5.92 Å². The third-order valence-corrected chi connectivity index (χ3v) is 2.05. The fraction of sp³-hybridized carbons (Fsp3) is 0.545. The van der Waals surface area contributed by atoms with Crippen LogP contribution in [0.15, 0.2) is 24.5 Å². The smallest absolute Gasteiger partial charge is 0.207 e. The Morgan fingerprint density at radius 3 is 2.64 bits per heavy atom. The van der Waals surface area contributed by atoms with Gasteiger partial charge < -0.3 is 10.1 Å². The second kappa shape index (κ2) is 7.18. The Morgan fingerprint density at radius 2 is 2.29 bits per heavy atom. The van der Waals surface area contributed by atoms with Crippen LogP contribution in [0.2, 0.25) is 0 Å². The van der Waals surface area contributed by atoms with Crippen molar-refractivity contribution in [3.63, 3.8) is 0 Å². The highest BCUT2D eigenvalue weighted by Gasteiger charge is 2.18. The first kappa shape index (κ1) is 12.8. The van der Waals surface area contributed by atoms with Crippen molar-refractivity contribution >= 4 is 6.41 Å². The molecule has 0 spiro atoms. The van der Waals surface area contributed by atoms with Crippen LogP contribution in [0.1, 0.15) is 20.8 Å². The predicted molar refractivity (Wildman–Crippen MR) is 57.7 cm³/mol. The number of hydrogen-bond acceptors (Lipinski definition) is 2. The largest absolute Gasteiger partial charge is 0.496 e. The number of amides is 1. The Bertz CT molecular complexity index is 211. The topological polar surface area (TPSA) is 38.3 Å². The minimum Gasteiger partial charge on any atom is -0.496 e. The maximum Gasteiger partial charge on any atom is 0.207 e. The Labute approximate surface area is 85.8 Å². The standard InChI is InChI=1S/C11H19NO2/c1-5-9(4)11(12-8-13)10(6-2)14-7-3/h5-6,8-9,11H,1,7H2,2-4H3,(H,12,13)/b10-6-. The van der Waals surface area contributed by atoms with Crippen molar-refractivity contribution < 1.29 is 9.53 Å². The van der Waals surface area contributed by atoms with E-state index < -0.39 is 0 Å². The van der Waals surface area contributed by atoms with Gasteiger partial charge in [-0.05, 0) is 19.9 Å². The number of allylic oxidation sites excluding steroid dienone is 1. The van der Waals surface area contributed by atoms with E-state index in [1.54, 1.807) is 6.08 Å². The molecular formula is C11H19NO2. The van der Waals surface area contributed by atoms with Gasteiger partial charge in [0.2, 0.25) is 6.41 Å². The molecule has 14 heavy (non-hydrogen) atoms. The Balaban J connectivity index is 4.59. The highest BCUT2D eigenvalue weighted by molar-refractivity contribution is 5.48. The normalized spacial score (nSPS) is 15.5. The molecule has 0 rings (SSSR count). The minimum absolute atomic E-state index is 0.116. The fourth-order valence-electron chi connectivity index (χ4n) is 1.22. The molecule has 2 atom stereocenters. The van der Waals surface area contributed by atoms with E-state index in [1.807, 2.05) is 26.8 Å². The predicted octanol–water partition coefficient (Wildman–Crippen LogP) is 1.86. The van der Waals surface area contributed by atoms with Crippen molar-refractivity contribution in [2.45, 2.75) is 26.8 Å². The quantitative estimate of drug-likeness (QED) is 0.384. The molecule has 0 saturated carbocycles. The zero-order chi connectivity index (χ0) is 11.0. The van der Waals surface area contributed by atoms with E-state index in [1.165, 1.54) is 0 Å². The molecule has 0 bridgehead atoms. The van der Waals surface area contributed by atoms with E-state index in [0.29, 0.717) is 13.0 Å². The lowest BCUT2D eigenvalue weighted by atomic mass is 10.0. The maximum atomic E-state index is 10.4. The number of hydrogen-bond donors (Lipinski definition) is 1. The van der Waals surface area contributed by atoms with Gasteiger partial charge in [-0.3, -0.25) is 4.79 Å². The van der Waals surface area contributed by atoms with E-state index in [4.69, 9.17) is 4.74 Å². The molecule has 3 heteroatoms. The number of ether oxygens (including phenoxy) is 1. The number of nitrogens with one attached hydrogen (secondary N) is 1. The van der Waals surface area contributed by atoms with Crippen LogP contribution in [0.3, 0.4) is 0 Å². The van der Waals surface area contributed by atoms with E-state index >= 15 is 0 Å². The molecule has 3 nitrogen and oxygen atoms in total. The molecule has 0 aliphatic rings. The van der Waals surface area contributed by atoms with Gasteiger partial charge in [-0.15, -0.1) is 6.58 Å². The Hall–Kier alpha value is -1.25. The third kappa shape index (κ3) is 3.64. The summed E-state index contributed by atoms with van der Waals surface area (Å²) < 4.78 is 5.42. The molecule has 80 valence electrons. The van der Waals surface area contributed by atoms with Crippen molar-refractivity contribution in [1.82, 2.24) is 5.32 Å². The highest BCUT2D eigenvalue weighted by atomic mass is 16.5. The van der Waals surface area contributed by atoms with Gasteiger partial charge >= 0.3 is 0 Å². The molecule has 0 radical (unpaired) electrons. The molecule has 0 aliphatic carbocycles. The third-order valence-electron chi connectivity index (χ3n) is 2.05. The van der Waals surface area contributed by atoms with Gasteiger partial charge in [-0.1, -0.05) is 13.0 Å². The van der Waals surface area contributed by atoms with Crippen LogP contribution < -0.4 is 5.32 Å². The van der Waals surface area contributed by atoms with Gasteiger partial charge in [-0.25, -0.2) is 0 Å². The molecule has 1 amide bonds. The van der Waals surface area contributed by atoms with E-state index in [-0.39, 0.29) is 12.0 Å². The first-order valence-corrected chi connectivity index (χ1v) is 4.82. The van der Waals surface area contributed by atoms with Gasteiger partial charge in [0.25, 0.3) is 0 Å². The van der Waals surface area contributed by atoms with Crippen molar-refractivity contribution in [2.24, 2.45) is 5.92 Å². The van der Waals surface area contributed by atoms with Gasteiger partial charge in [0.05, 0.1) is 12.6 Å². The number of carbonyl (C=O) groups excluding carboxylic acids is 1. The minimum atomic E-state index is -0.116. The van der Waals surface area contributed by atoms with E-state index in [0.717, 1.165) is 5.76 Å². The van der Waals surface area contributed by atoms with Crippen LogP contribution in [0.5, 0.6) is 0 Å². The molecule has 1 N–H and O–H groups in total. The van der Waals surface area contributed by atoms with Crippen LogP contribution in [0, 0.1) is 5.92 Å². The summed E-state index contributed by atoms with van der Waals surface area (Å²) in [4.78, 5) is 10.4. The van der Waals surface area contributed by atoms with Crippen LogP contribution in [0.4, 0.5) is 0 Å². The Kier molecular flexibility index (Phi) is 6.54. The Morgan fingerprint density at radius 1 is 1.64 bits per heavy atom. The zero-order valence-corrected chi connectivity index (χ0v) is 9.12. The first-order chi connectivity index (χ1) is 6.71. The number of carbonyl (C=O) groups is 1. The summed E-state index contributed by atoms with van der Waals surface area (Å²) in [5.41, 5.74) is 0. The average Bonchev–Trinajstić information content (AvgIpc) is 2.22. The highest BCUT2D eigenvalue weighted by Crippen LogP contribution is 2.14.